The molecule has 1 saturated heterocycles. The summed E-state index contributed by atoms with van der Waals surface area (Å²) in [5.41, 5.74) is 5.77. The van der Waals surface area contributed by atoms with E-state index in [0.29, 0.717) is 13.1 Å². The molecule has 94 valence electrons. The second-order valence-corrected chi connectivity index (χ2v) is 4.08. The van der Waals surface area contributed by atoms with Crippen LogP contribution in [0.15, 0.2) is 0 Å². The van der Waals surface area contributed by atoms with Crippen LogP contribution in [0.4, 0.5) is 4.79 Å². The van der Waals surface area contributed by atoms with Gasteiger partial charge >= 0.3 is 12.0 Å². The van der Waals surface area contributed by atoms with Crippen molar-refractivity contribution in [3.63, 3.8) is 0 Å². The van der Waals surface area contributed by atoms with E-state index >= 15 is 0 Å². The molecule has 1 heterocycles. The fraction of sp³-hybridized carbons (Fsp3) is 0.636. The predicted molar refractivity (Wildman–Crippen MR) is 62.2 cm³/mol. The van der Waals surface area contributed by atoms with Crippen LogP contribution in [0.5, 0.6) is 0 Å². The molecule has 6 heteroatoms. The topological polar surface area (TPSA) is 86.9 Å². The van der Waals surface area contributed by atoms with Crippen LogP contribution >= 0.6 is 0 Å². The summed E-state index contributed by atoms with van der Waals surface area (Å²) in [5.74, 6) is 1.21. The summed E-state index contributed by atoms with van der Waals surface area (Å²) in [5, 5.41) is 8.70. The van der Waals surface area contributed by atoms with Crippen LogP contribution in [-0.4, -0.2) is 59.1 Å². The van der Waals surface area contributed by atoms with Gasteiger partial charge in [-0.2, -0.15) is 0 Å². The molecular formula is C11H17N3O3. The molecule has 1 atom stereocenters. The van der Waals surface area contributed by atoms with Crippen LogP contribution in [0.3, 0.4) is 0 Å². The average molecular weight is 239 g/mol. The Labute approximate surface area is 100 Å². The molecule has 1 fully saturated rings. The van der Waals surface area contributed by atoms with Gasteiger partial charge in [0.2, 0.25) is 0 Å². The Balaban J connectivity index is 2.63. The quantitative estimate of drug-likeness (QED) is 0.653. The molecule has 3 N–H and O–H groups in total. The highest BCUT2D eigenvalue weighted by Gasteiger charge is 2.26. The van der Waals surface area contributed by atoms with Crippen LogP contribution in [0, 0.1) is 12.3 Å². The SMILES string of the molecule is C#CCN(CC(=O)O)C(=O)N1CCCC(N)C1. The number of aliphatic carboxylic acids is 1. The number of carboxylic acids is 1. The standard InChI is InChI=1S/C11H17N3O3/c1-2-5-13(8-10(15)16)11(17)14-6-3-4-9(12)7-14/h1,9H,3-8,12H2,(H,15,16). The molecule has 2 amide bonds. The largest absolute Gasteiger partial charge is 0.480 e. The lowest BCUT2D eigenvalue weighted by Crippen LogP contribution is -2.52. The van der Waals surface area contributed by atoms with Crippen molar-refractivity contribution < 1.29 is 14.7 Å². The Morgan fingerprint density at radius 1 is 1.59 bits per heavy atom. The zero-order chi connectivity index (χ0) is 12.8. The molecule has 1 aliphatic rings. The molecule has 0 aromatic rings. The Morgan fingerprint density at radius 2 is 2.29 bits per heavy atom. The molecule has 1 aliphatic heterocycles. The lowest BCUT2D eigenvalue weighted by Gasteiger charge is -2.34. The zero-order valence-corrected chi connectivity index (χ0v) is 9.63. The number of rotatable bonds is 3. The van der Waals surface area contributed by atoms with Gasteiger partial charge in [-0.05, 0) is 12.8 Å². The number of carbonyl (C=O) groups excluding carboxylic acids is 1. The summed E-state index contributed by atoms with van der Waals surface area (Å²) >= 11 is 0. The van der Waals surface area contributed by atoms with Crippen molar-refractivity contribution in [3.8, 4) is 12.3 Å². The van der Waals surface area contributed by atoms with Crippen molar-refractivity contribution in [1.82, 2.24) is 9.80 Å². The minimum atomic E-state index is -1.07. The van der Waals surface area contributed by atoms with Gasteiger partial charge in [-0.25, -0.2) is 4.79 Å². The summed E-state index contributed by atoms with van der Waals surface area (Å²) < 4.78 is 0. The van der Waals surface area contributed by atoms with Gasteiger partial charge in [0, 0.05) is 19.1 Å². The second kappa shape index (κ2) is 6.11. The summed E-state index contributed by atoms with van der Waals surface area (Å²) in [4.78, 5) is 25.3. The molecule has 6 nitrogen and oxygen atoms in total. The second-order valence-electron chi connectivity index (χ2n) is 4.08. The van der Waals surface area contributed by atoms with Gasteiger partial charge in [-0.3, -0.25) is 4.79 Å². The molecule has 0 spiro atoms. The Morgan fingerprint density at radius 3 is 2.82 bits per heavy atom. The number of nitrogens with zero attached hydrogens (tertiary/aromatic N) is 2. The van der Waals surface area contributed by atoms with Crippen molar-refractivity contribution in [2.24, 2.45) is 5.73 Å². The smallest absolute Gasteiger partial charge is 0.323 e. The lowest BCUT2D eigenvalue weighted by molar-refractivity contribution is -0.137. The Hall–Kier alpha value is -1.74. The molecular weight excluding hydrogens is 222 g/mol. The molecule has 1 rings (SSSR count). The van der Waals surface area contributed by atoms with E-state index in [1.54, 1.807) is 4.90 Å². The monoisotopic (exact) mass is 239 g/mol. The van der Waals surface area contributed by atoms with E-state index in [0.717, 1.165) is 17.7 Å². The lowest BCUT2D eigenvalue weighted by atomic mass is 10.1. The number of piperidine rings is 1. The number of likely N-dealkylation sites (tertiary alicyclic amines) is 1. The maximum atomic E-state index is 12.0. The molecule has 0 bridgehead atoms. The summed E-state index contributed by atoms with van der Waals surface area (Å²) in [7, 11) is 0. The number of amides is 2. The van der Waals surface area contributed by atoms with Crippen LogP contribution < -0.4 is 5.73 Å². The molecule has 17 heavy (non-hydrogen) atoms. The third-order valence-corrected chi connectivity index (χ3v) is 2.61. The van der Waals surface area contributed by atoms with Gasteiger partial charge in [-0.1, -0.05) is 5.92 Å². The molecule has 0 aliphatic carbocycles. The van der Waals surface area contributed by atoms with E-state index in [1.165, 1.54) is 0 Å². The van der Waals surface area contributed by atoms with E-state index in [9.17, 15) is 9.59 Å². The third-order valence-electron chi connectivity index (χ3n) is 2.61. The van der Waals surface area contributed by atoms with E-state index in [4.69, 9.17) is 17.3 Å². The molecule has 0 radical (unpaired) electrons. The van der Waals surface area contributed by atoms with E-state index in [1.807, 2.05) is 0 Å². The minimum absolute atomic E-state index is 0.00310. The van der Waals surface area contributed by atoms with Crippen molar-refractivity contribution in [2.45, 2.75) is 18.9 Å². The predicted octanol–water partition coefficient (Wildman–Crippen LogP) is -0.451. The van der Waals surface area contributed by atoms with Crippen LogP contribution in [0.1, 0.15) is 12.8 Å². The maximum absolute atomic E-state index is 12.0. The van der Waals surface area contributed by atoms with Gasteiger partial charge in [0.05, 0.1) is 6.54 Å². The number of terminal acetylenes is 1. The fourth-order valence-electron chi connectivity index (χ4n) is 1.85. The third kappa shape index (κ3) is 3.96. The van der Waals surface area contributed by atoms with Crippen molar-refractivity contribution in [2.75, 3.05) is 26.2 Å². The number of urea groups is 1. The molecule has 0 aromatic heterocycles. The van der Waals surface area contributed by atoms with E-state index in [-0.39, 0.29) is 25.2 Å². The number of hydrogen-bond acceptors (Lipinski definition) is 3. The van der Waals surface area contributed by atoms with E-state index in [2.05, 4.69) is 5.92 Å². The first kappa shape index (κ1) is 13.3. The zero-order valence-electron chi connectivity index (χ0n) is 9.63. The first-order valence-corrected chi connectivity index (χ1v) is 5.49. The maximum Gasteiger partial charge on any atom is 0.323 e. The fourth-order valence-corrected chi connectivity index (χ4v) is 1.85. The van der Waals surface area contributed by atoms with Gasteiger partial charge < -0.3 is 20.6 Å². The highest BCUT2D eigenvalue weighted by atomic mass is 16.4. The first-order chi connectivity index (χ1) is 8.04. The number of nitrogens with two attached hydrogens (primary N) is 1. The number of hydrogen-bond donors (Lipinski definition) is 2. The van der Waals surface area contributed by atoms with Crippen molar-refractivity contribution in [1.29, 1.82) is 0 Å². The van der Waals surface area contributed by atoms with Crippen LogP contribution in [0.2, 0.25) is 0 Å². The molecule has 0 aromatic carbocycles. The van der Waals surface area contributed by atoms with Crippen molar-refractivity contribution >= 4 is 12.0 Å². The van der Waals surface area contributed by atoms with Gasteiger partial charge in [0.1, 0.15) is 6.54 Å². The summed E-state index contributed by atoms with van der Waals surface area (Å²) in [6.07, 6.45) is 6.84. The minimum Gasteiger partial charge on any atom is -0.480 e. The van der Waals surface area contributed by atoms with Crippen LogP contribution in [-0.2, 0) is 4.79 Å². The van der Waals surface area contributed by atoms with Crippen molar-refractivity contribution in [3.05, 3.63) is 0 Å². The normalized spacial score (nSPS) is 19.5. The number of carbonyl (C=O) groups is 2. The first-order valence-electron chi connectivity index (χ1n) is 5.49. The van der Waals surface area contributed by atoms with Gasteiger partial charge in [0.15, 0.2) is 0 Å². The van der Waals surface area contributed by atoms with Gasteiger partial charge in [-0.15, -0.1) is 6.42 Å². The summed E-state index contributed by atoms with van der Waals surface area (Å²) in [6.45, 7) is 0.679. The highest BCUT2D eigenvalue weighted by Crippen LogP contribution is 2.10. The average Bonchev–Trinajstić information content (AvgIpc) is 2.27. The molecule has 0 saturated carbocycles. The summed E-state index contributed by atoms with van der Waals surface area (Å²) in [6, 6.07) is -0.384. The van der Waals surface area contributed by atoms with Gasteiger partial charge in [0.25, 0.3) is 0 Å². The molecule has 1 unspecified atom stereocenters. The van der Waals surface area contributed by atoms with Crippen LogP contribution in [0.25, 0.3) is 0 Å². The van der Waals surface area contributed by atoms with E-state index < -0.39 is 5.97 Å². The highest BCUT2D eigenvalue weighted by molar-refractivity contribution is 5.80. The Kier molecular flexibility index (Phi) is 4.79. The Bertz CT molecular complexity index is 337. The number of carboxylic acid groups (broad SMARTS) is 1.